The third-order valence-electron chi connectivity index (χ3n) is 3.40. The molecule has 0 aliphatic heterocycles. The van der Waals surface area contributed by atoms with Crippen molar-refractivity contribution in [3.05, 3.63) is 30.1 Å². The molecule has 6 nitrogen and oxygen atoms in total. The number of aromatic nitrogens is 4. The molecule has 0 aliphatic rings. The molecule has 0 amide bonds. The standard InChI is InChI=1S/C15H20N6/c1-12-18-19-20-21(12)14-7-4-6-13(10-14)17-11-15(2,3)8-5-9-16/h4,6-7,10,17H,5,8,11H2,1-3H3. The van der Waals surface area contributed by atoms with Crippen LogP contribution < -0.4 is 5.32 Å². The number of tetrazole rings is 1. The molecule has 0 bridgehead atoms. The summed E-state index contributed by atoms with van der Waals surface area (Å²) in [7, 11) is 0. The summed E-state index contributed by atoms with van der Waals surface area (Å²) in [6.45, 7) is 7.00. The van der Waals surface area contributed by atoms with Crippen LogP contribution in [0.2, 0.25) is 0 Å². The zero-order valence-electron chi connectivity index (χ0n) is 12.7. The van der Waals surface area contributed by atoms with Gasteiger partial charge in [-0.1, -0.05) is 19.9 Å². The van der Waals surface area contributed by atoms with Crippen molar-refractivity contribution in [1.29, 1.82) is 5.26 Å². The first-order chi connectivity index (χ1) is 10.0. The van der Waals surface area contributed by atoms with Crippen LogP contribution in [0.25, 0.3) is 5.69 Å². The van der Waals surface area contributed by atoms with Gasteiger partial charge in [-0.2, -0.15) is 9.94 Å². The zero-order valence-corrected chi connectivity index (χ0v) is 12.7. The minimum absolute atomic E-state index is 0.0798. The molecule has 0 aliphatic carbocycles. The molecule has 1 aromatic heterocycles. The van der Waals surface area contributed by atoms with Crippen LogP contribution in [0, 0.1) is 23.7 Å². The Morgan fingerprint density at radius 3 is 2.86 bits per heavy atom. The number of nitriles is 1. The number of hydrogen-bond donors (Lipinski definition) is 1. The van der Waals surface area contributed by atoms with Gasteiger partial charge in [0.25, 0.3) is 0 Å². The molecular formula is C15H20N6. The predicted octanol–water partition coefficient (Wildman–Crippen LogP) is 2.71. The second-order valence-corrected chi connectivity index (χ2v) is 5.86. The molecule has 1 N–H and O–H groups in total. The SMILES string of the molecule is Cc1nnnn1-c1cccc(NCC(C)(C)CCC#N)c1. The van der Waals surface area contributed by atoms with Crippen LogP contribution in [0.15, 0.2) is 24.3 Å². The highest BCUT2D eigenvalue weighted by molar-refractivity contribution is 5.51. The number of nitrogens with one attached hydrogen (secondary N) is 1. The molecule has 2 rings (SSSR count). The van der Waals surface area contributed by atoms with Gasteiger partial charge in [-0.3, -0.25) is 0 Å². The van der Waals surface area contributed by atoms with E-state index in [-0.39, 0.29) is 5.41 Å². The molecule has 0 saturated heterocycles. The maximum atomic E-state index is 8.69. The largest absolute Gasteiger partial charge is 0.384 e. The van der Waals surface area contributed by atoms with E-state index in [1.54, 1.807) is 4.68 Å². The highest BCUT2D eigenvalue weighted by Gasteiger charge is 2.17. The minimum Gasteiger partial charge on any atom is -0.384 e. The van der Waals surface area contributed by atoms with Gasteiger partial charge in [-0.25, -0.2) is 0 Å². The lowest BCUT2D eigenvalue weighted by atomic mass is 9.88. The quantitative estimate of drug-likeness (QED) is 0.882. The van der Waals surface area contributed by atoms with E-state index in [2.05, 4.69) is 40.8 Å². The lowest BCUT2D eigenvalue weighted by Crippen LogP contribution is -2.23. The van der Waals surface area contributed by atoms with Gasteiger partial charge < -0.3 is 5.32 Å². The Labute approximate surface area is 124 Å². The van der Waals surface area contributed by atoms with Gasteiger partial charge in [0.1, 0.15) is 0 Å². The van der Waals surface area contributed by atoms with Crippen LogP contribution >= 0.6 is 0 Å². The van der Waals surface area contributed by atoms with Crippen molar-refractivity contribution in [1.82, 2.24) is 20.2 Å². The average Bonchev–Trinajstić information content (AvgIpc) is 2.90. The Morgan fingerprint density at radius 1 is 1.38 bits per heavy atom. The van der Waals surface area contributed by atoms with Crippen molar-refractivity contribution in [3.8, 4) is 11.8 Å². The molecule has 1 aromatic carbocycles. The van der Waals surface area contributed by atoms with Gasteiger partial charge in [-0.15, -0.1) is 5.10 Å². The van der Waals surface area contributed by atoms with Crippen molar-refractivity contribution < 1.29 is 0 Å². The summed E-state index contributed by atoms with van der Waals surface area (Å²) in [6, 6.07) is 10.2. The summed E-state index contributed by atoms with van der Waals surface area (Å²) >= 11 is 0. The smallest absolute Gasteiger partial charge is 0.153 e. The highest BCUT2D eigenvalue weighted by Crippen LogP contribution is 2.23. The van der Waals surface area contributed by atoms with Crippen molar-refractivity contribution in [3.63, 3.8) is 0 Å². The van der Waals surface area contributed by atoms with Crippen molar-refractivity contribution in [2.45, 2.75) is 33.6 Å². The first-order valence-corrected chi connectivity index (χ1v) is 6.98. The first-order valence-electron chi connectivity index (χ1n) is 6.98. The molecule has 110 valence electrons. The van der Waals surface area contributed by atoms with Gasteiger partial charge in [0.05, 0.1) is 11.8 Å². The molecule has 2 aromatic rings. The van der Waals surface area contributed by atoms with Gasteiger partial charge >= 0.3 is 0 Å². The molecule has 0 atom stereocenters. The number of nitrogens with zero attached hydrogens (tertiary/aromatic N) is 5. The third kappa shape index (κ3) is 4.02. The van der Waals surface area contributed by atoms with Crippen LogP contribution in [0.4, 0.5) is 5.69 Å². The predicted molar refractivity (Wildman–Crippen MR) is 81.0 cm³/mol. The lowest BCUT2D eigenvalue weighted by Gasteiger charge is -2.24. The second-order valence-electron chi connectivity index (χ2n) is 5.86. The normalized spacial score (nSPS) is 11.1. The van der Waals surface area contributed by atoms with Gasteiger partial charge in [0.2, 0.25) is 0 Å². The molecule has 0 unspecified atom stereocenters. The van der Waals surface area contributed by atoms with E-state index in [1.807, 2.05) is 31.2 Å². The van der Waals surface area contributed by atoms with Crippen LogP contribution in [-0.4, -0.2) is 26.8 Å². The minimum atomic E-state index is 0.0798. The van der Waals surface area contributed by atoms with Crippen LogP contribution in [0.1, 0.15) is 32.5 Å². The summed E-state index contributed by atoms with van der Waals surface area (Å²) in [6.07, 6.45) is 1.46. The maximum absolute atomic E-state index is 8.69. The summed E-state index contributed by atoms with van der Waals surface area (Å²) in [5.74, 6) is 0.751. The fraction of sp³-hybridized carbons (Fsp3) is 0.467. The fourth-order valence-electron chi connectivity index (χ4n) is 2.04. The summed E-state index contributed by atoms with van der Waals surface area (Å²) in [5.41, 5.74) is 2.03. The molecule has 0 radical (unpaired) electrons. The Balaban J connectivity index is 2.06. The number of aryl methyl sites for hydroxylation is 1. The Kier molecular flexibility index (Phi) is 4.53. The fourth-order valence-corrected chi connectivity index (χ4v) is 2.04. The summed E-state index contributed by atoms with van der Waals surface area (Å²) in [4.78, 5) is 0. The average molecular weight is 284 g/mol. The van der Waals surface area contributed by atoms with E-state index in [4.69, 9.17) is 5.26 Å². The van der Waals surface area contributed by atoms with Crippen molar-refractivity contribution in [2.75, 3.05) is 11.9 Å². The first kappa shape index (κ1) is 15.0. The van der Waals surface area contributed by atoms with Crippen LogP contribution in [0.3, 0.4) is 0 Å². The molecule has 0 saturated carbocycles. The molecular weight excluding hydrogens is 264 g/mol. The topological polar surface area (TPSA) is 79.4 Å². The molecule has 21 heavy (non-hydrogen) atoms. The maximum Gasteiger partial charge on any atom is 0.153 e. The van der Waals surface area contributed by atoms with Crippen LogP contribution in [-0.2, 0) is 0 Å². The Hall–Kier alpha value is -2.42. The van der Waals surface area contributed by atoms with Crippen LogP contribution in [0.5, 0.6) is 0 Å². The van der Waals surface area contributed by atoms with E-state index in [0.717, 1.165) is 30.2 Å². The number of rotatable bonds is 6. The monoisotopic (exact) mass is 284 g/mol. The molecule has 0 fully saturated rings. The number of anilines is 1. The molecule has 6 heteroatoms. The number of benzene rings is 1. The number of hydrogen-bond acceptors (Lipinski definition) is 5. The van der Waals surface area contributed by atoms with E-state index in [1.165, 1.54) is 0 Å². The third-order valence-corrected chi connectivity index (χ3v) is 3.40. The molecule has 0 spiro atoms. The Bertz CT molecular complexity index is 638. The molecule has 1 heterocycles. The van der Waals surface area contributed by atoms with Crippen molar-refractivity contribution >= 4 is 5.69 Å². The summed E-state index contributed by atoms with van der Waals surface area (Å²) in [5, 5.41) is 23.6. The van der Waals surface area contributed by atoms with Crippen molar-refractivity contribution in [2.24, 2.45) is 5.41 Å². The lowest BCUT2D eigenvalue weighted by molar-refractivity contribution is 0.364. The van der Waals surface area contributed by atoms with E-state index >= 15 is 0 Å². The highest BCUT2D eigenvalue weighted by atomic mass is 15.5. The van der Waals surface area contributed by atoms with Gasteiger partial charge in [0.15, 0.2) is 5.82 Å². The van der Waals surface area contributed by atoms with E-state index in [0.29, 0.717) is 6.42 Å². The van der Waals surface area contributed by atoms with E-state index < -0.39 is 0 Å². The second kappa shape index (κ2) is 6.35. The van der Waals surface area contributed by atoms with Gasteiger partial charge in [-0.05, 0) is 47.4 Å². The van der Waals surface area contributed by atoms with Gasteiger partial charge in [0, 0.05) is 18.7 Å². The summed E-state index contributed by atoms with van der Waals surface area (Å²) < 4.78 is 1.70. The zero-order chi connectivity index (χ0) is 15.3. The van der Waals surface area contributed by atoms with E-state index in [9.17, 15) is 0 Å². The Morgan fingerprint density at radius 2 is 2.19 bits per heavy atom.